The number of nitrogens with one attached hydrogen (secondary N) is 1. The number of hydrogen-bond donors (Lipinski definition) is 1. The minimum absolute atomic E-state index is 0.00926. The first-order valence-corrected chi connectivity index (χ1v) is 7.05. The van der Waals surface area contributed by atoms with E-state index in [-0.39, 0.29) is 6.03 Å². The highest BCUT2D eigenvalue weighted by Gasteiger charge is 2.23. The van der Waals surface area contributed by atoms with E-state index >= 15 is 0 Å². The molecule has 4 heteroatoms. The van der Waals surface area contributed by atoms with Crippen LogP contribution in [0.1, 0.15) is 20.3 Å². The van der Waals surface area contributed by atoms with Gasteiger partial charge in [-0.1, -0.05) is 25.1 Å². The van der Waals surface area contributed by atoms with Crippen LogP contribution in [0.15, 0.2) is 30.3 Å². The standard InChI is InChI=1S/C15H23N3O/c1-3-13(2)17-9-11-18(12-10-17)15(19)16-14-7-5-4-6-8-14/h4-8,13H,3,9-12H2,1-2H3,(H,16,19). The minimum Gasteiger partial charge on any atom is -0.322 e. The fraction of sp³-hybridized carbons (Fsp3) is 0.533. The average Bonchev–Trinajstić information content (AvgIpc) is 2.47. The first kappa shape index (κ1) is 13.9. The van der Waals surface area contributed by atoms with Gasteiger partial charge in [-0.15, -0.1) is 0 Å². The summed E-state index contributed by atoms with van der Waals surface area (Å²) >= 11 is 0. The number of amides is 2. The zero-order valence-corrected chi connectivity index (χ0v) is 11.8. The third-order valence-electron chi connectivity index (χ3n) is 3.84. The van der Waals surface area contributed by atoms with Crippen LogP contribution in [0.3, 0.4) is 0 Å². The quantitative estimate of drug-likeness (QED) is 0.908. The predicted octanol–water partition coefficient (Wildman–Crippen LogP) is 2.63. The summed E-state index contributed by atoms with van der Waals surface area (Å²) in [6.07, 6.45) is 1.16. The van der Waals surface area contributed by atoms with Crippen molar-refractivity contribution in [2.75, 3.05) is 31.5 Å². The Kier molecular flexibility index (Phi) is 4.80. The fourth-order valence-corrected chi connectivity index (χ4v) is 2.35. The Balaban J connectivity index is 1.83. The van der Waals surface area contributed by atoms with E-state index in [2.05, 4.69) is 24.1 Å². The van der Waals surface area contributed by atoms with E-state index in [1.165, 1.54) is 0 Å². The normalized spacial score (nSPS) is 18.1. The van der Waals surface area contributed by atoms with Crippen LogP contribution < -0.4 is 5.32 Å². The van der Waals surface area contributed by atoms with Crippen LogP contribution in [-0.2, 0) is 0 Å². The molecule has 1 N–H and O–H groups in total. The second kappa shape index (κ2) is 6.57. The van der Waals surface area contributed by atoms with Gasteiger partial charge in [0.15, 0.2) is 0 Å². The first-order valence-electron chi connectivity index (χ1n) is 7.05. The molecule has 1 heterocycles. The summed E-state index contributed by atoms with van der Waals surface area (Å²) in [5.41, 5.74) is 0.858. The molecule has 1 saturated heterocycles. The van der Waals surface area contributed by atoms with Crippen molar-refractivity contribution < 1.29 is 4.79 Å². The molecular weight excluding hydrogens is 238 g/mol. The Labute approximate surface area is 115 Å². The molecule has 1 unspecified atom stereocenters. The topological polar surface area (TPSA) is 35.6 Å². The number of anilines is 1. The number of benzene rings is 1. The van der Waals surface area contributed by atoms with Gasteiger partial charge in [0.1, 0.15) is 0 Å². The molecule has 1 aliphatic heterocycles. The van der Waals surface area contributed by atoms with Gasteiger partial charge in [-0.2, -0.15) is 0 Å². The van der Waals surface area contributed by atoms with E-state index in [1.54, 1.807) is 0 Å². The average molecular weight is 261 g/mol. The minimum atomic E-state index is 0.00926. The zero-order chi connectivity index (χ0) is 13.7. The second-order valence-electron chi connectivity index (χ2n) is 5.08. The smallest absolute Gasteiger partial charge is 0.321 e. The monoisotopic (exact) mass is 261 g/mol. The lowest BCUT2D eigenvalue weighted by atomic mass is 10.2. The van der Waals surface area contributed by atoms with Gasteiger partial charge in [0, 0.05) is 37.9 Å². The van der Waals surface area contributed by atoms with E-state index in [0.717, 1.165) is 38.3 Å². The Morgan fingerprint density at radius 3 is 2.42 bits per heavy atom. The number of carbonyl (C=O) groups excluding carboxylic acids is 1. The third-order valence-corrected chi connectivity index (χ3v) is 3.84. The van der Waals surface area contributed by atoms with Gasteiger partial charge in [-0.3, -0.25) is 4.90 Å². The molecule has 2 amide bonds. The van der Waals surface area contributed by atoms with Crippen molar-refractivity contribution in [3.63, 3.8) is 0 Å². The molecule has 0 radical (unpaired) electrons. The van der Waals surface area contributed by atoms with Crippen molar-refractivity contribution in [3.8, 4) is 0 Å². The highest BCUT2D eigenvalue weighted by Crippen LogP contribution is 2.11. The molecule has 4 nitrogen and oxygen atoms in total. The second-order valence-corrected chi connectivity index (χ2v) is 5.08. The number of piperazine rings is 1. The van der Waals surface area contributed by atoms with E-state index in [4.69, 9.17) is 0 Å². The van der Waals surface area contributed by atoms with Gasteiger partial charge in [-0.05, 0) is 25.5 Å². The van der Waals surface area contributed by atoms with Gasteiger partial charge < -0.3 is 10.2 Å². The maximum Gasteiger partial charge on any atom is 0.321 e. The number of hydrogen-bond acceptors (Lipinski definition) is 2. The SMILES string of the molecule is CCC(C)N1CCN(C(=O)Nc2ccccc2)CC1. The summed E-state index contributed by atoms with van der Waals surface area (Å²) in [6.45, 7) is 8.01. The van der Waals surface area contributed by atoms with Crippen LogP contribution in [0.5, 0.6) is 0 Å². The van der Waals surface area contributed by atoms with Gasteiger partial charge in [0.25, 0.3) is 0 Å². The van der Waals surface area contributed by atoms with Gasteiger partial charge >= 0.3 is 6.03 Å². The molecule has 0 bridgehead atoms. The summed E-state index contributed by atoms with van der Waals surface area (Å²) in [4.78, 5) is 16.5. The van der Waals surface area contributed by atoms with E-state index in [1.807, 2.05) is 35.2 Å². The molecule has 0 saturated carbocycles. The Morgan fingerprint density at radius 2 is 1.84 bits per heavy atom. The zero-order valence-electron chi connectivity index (χ0n) is 11.8. The molecule has 104 valence electrons. The highest BCUT2D eigenvalue weighted by atomic mass is 16.2. The van der Waals surface area contributed by atoms with Crippen molar-refractivity contribution in [1.29, 1.82) is 0 Å². The van der Waals surface area contributed by atoms with Crippen LogP contribution >= 0.6 is 0 Å². The molecule has 1 fully saturated rings. The maximum absolute atomic E-state index is 12.1. The third kappa shape index (κ3) is 3.70. The fourth-order valence-electron chi connectivity index (χ4n) is 2.35. The summed E-state index contributed by atoms with van der Waals surface area (Å²) in [5, 5.41) is 2.94. The van der Waals surface area contributed by atoms with Crippen molar-refractivity contribution in [1.82, 2.24) is 9.80 Å². The molecule has 1 aromatic carbocycles. The predicted molar refractivity (Wildman–Crippen MR) is 78.4 cm³/mol. The van der Waals surface area contributed by atoms with Gasteiger partial charge in [0.2, 0.25) is 0 Å². The van der Waals surface area contributed by atoms with Crippen molar-refractivity contribution in [3.05, 3.63) is 30.3 Å². The van der Waals surface area contributed by atoms with Gasteiger partial charge in [0.05, 0.1) is 0 Å². The Morgan fingerprint density at radius 1 is 1.21 bits per heavy atom. The lowest BCUT2D eigenvalue weighted by Gasteiger charge is -2.37. The molecule has 19 heavy (non-hydrogen) atoms. The van der Waals surface area contributed by atoms with Crippen molar-refractivity contribution in [2.24, 2.45) is 0 Å². The summed E-state index contributed by atoms with van der Waals surface area (Å²) in [6, 6.07) is 10.2. The number of para-hydroxylation sites is 1. The molecule has 1 aromatic rings. The van der Waals surface area contributed by atoms with Gasteiger partial charge in [-0.25, -0.2) is 4.79 Å². The summed E-state index contributed by atoms with van der Waals surface area (Å²) < 4.78 is 0. The number of carbonyl (C=O) groups is 1. The molecule has 2 rings (SSSR count). The van der Waals surface area contributed by atoms with Crippen LogP contribution in [0.25, 0.3) is 0 Å². The number of nitrogens with zero attached hydrogens (tertiary/aromatic N) is 2. The van der Waals surface area contributed by atoms with Crippen LogP contribution in [0, 0.1) is 0 Å². The molecule has 0 aliphatic carbocycles. The Bertz CT molecular complexity index is 399. The molecule has 0 spiro atoms. The van der Waals surface area contributed by atoms with Crippen molar-refractivity contribution >= 4 is 11.7 Å². The largest absolute Gasteiger partial charge is 0.322 e. The summed E-state index contributed by atoms with van der Waals surface area (Å²) in [5.74, 6) is 0. The lowest BCUT2D eigenvalue weighted by Crippen LogP contribution is -2.52. The Hall–Kier alpha value is -1.55. The van der Waals surface area contributed by atoms with Crippen LogP contribution in [0.2, 0.25) is 0 Å². The van der Waals surface area contributed by atoms with E-state index in [9.17, 15) is 4.79 Å². The number of rotatable bonds is 3. The molecule has 0 aromatic heterocycles. The maximum atomic E-state index is 12.1. The van der Waals surface area contributed by atoms with Crippen molar-refractivity contribution in [2.45, 2.75) is 26.3 Å². The first-order chi connectivity index (χ1) is 9.20. The lowest BCUT2D eigenvalue weighted by molar-refractivity contribution is 0.117. The van der Waals surface area contributed by atoms with Crippen LogP contribution in [-0.4, -0.2) is 48.1 Å². The number of urea groups is 1. The molecular formula is C15H23N3O. The van der Waals surface area contributed by atoms with Crippen LogP contribution in [0.4, 0.5) is 10.5 Å². The van der Waals surface area contributed by atoms with E-state index < -0.39 is 0 Å². The molecule has 1 atom stereocenters. The highest BCUT2D eigenvalue weighted by molar-refractivity contribution is 5.89. The summed E-state index contributed by atoms with van der Waals surface area (Å²) in [7, 11) is 0. The van der Waals surface area contributed by atoms with E-state index in [0.29, 0.717) is 6.04 Å². The molecule has 1 aliphatic rings.